The number of nitrogens with one attached hydrogen (secondary N) is 2. The molecule has 0 spiro atoms. The Bertz CT molecular complexity index is 398. The van der Waals surface area contributed by atoms with Crippen molar-refractivity contribution in [2.24, 2.45) is 0 Å². The zero-order valence-electron chi connectivity index (χ0n) is 11.3. The van der Waals surface area contributed by atoms with Crippen molar-refractivity contribution in [1.82, 2.24) is 15.6 Å². The highest BCUT2D eigenvalue weighted by molar-refractivity contribution is 5.30. The van der Waals surface area contributed by atoms with Gasteiger partial charge in [0.1, 0.15) is 6.10 Å². The van der Waals surface area contributed by atoms with Crippen molar-refractivity contribution in [3.8, 4) is 5.88 Å². The Hall–Kier alpha value is -1.13. The largest absolute Gasteiger partial charge is 0.474 e. The number of nitrogens with zero attached hydrogens (tertiary/aromatic N) is 1. The number of rotatable bonds is 3. The molecule has 1 atom stereocenters. The normalized spacial score (nSPS) is 22.3. The van der Waals surface area contributed by atoms with Crippen LogP contribution in [0.3, 0.4) is 0 Å². The standard InChI is InChI=1S/C15H22N3O/c1-2-14(12-3-8-16-9-4-12)15(18-7-1)19-13-5-10-17-11-6-13/h1-2,7,10,12-13,16-17H,3-6,8-9,11H2. The average molecular weight is 260 g/mol. The SMILES string of the molecule is [CH]1CC(Oc2ncccc2C2CCNCC2)CCN1. The molecule has 1 unspecified atom stereocenters. The smallest absolute Gasteiger partial charge is 0.217 e. The number of hydrogen-bond acceptors (Lipinski definition) is 4. The maximum Gasteiger partial charge on any atom is 0.217 e. The summed E-state index contributed by atoms with van der Waals surface area (Å²) >= 11 is 0. The molecule has 1 aromatic heterocycles. The average Bonchev–Trinajstić information content (AvgIpc) is 2.50. The van der Waals surface area contributed by atoms with Crippen LogP contribution in [0, 0.1) is 6.54 Å². The lowest BCUT2D eigenvalue weighted by molar-refractivity contribution is 0.164. The van der Waals surface area contributed by atoms with Crippen LogP contribution < -0.4 is 15.4 Å². The van der Waals surface area contributed by atoms with Crippen molar-refractivity contribution >= 4 is 0 Å². The molecule has 19 heavy (non-hydrogen) atoms. The fraction of sp³-hybridized carbons (Fsp3) is 0.600. The molecule has 103 valence electrons. The van der Waals surface area contributed by atoms with E-state index in [1.165, 1.54) is 18.4 Å². The van der Waals surface area contributed by atoms with E-state index in [9.17, 15) is 0 Å². The van der Waals surface area contributed by atoms with Crippen LogP contribution in [0.15, 0.2) is 18.3 Å². The van der Waals surface area contributed by atoms with Gasteiger partial charge in [-0.1, -0.05) is 6.07 Å². The summed E-state index contributed by atoms with van der Waals surface area (Å²) in [5.74, 6) is 1.45. The Kier molecular flexibility index (Phi) is 4.30. The lowest BCUT2D eigenvalue weighted by Crippen LogP contribution is -2.32. The molecule has 4 nitrogen and oxygen atoms in total. The maximum atomic E-state index is 6.14. The van der Waals surface area contributed by atoms with Crippen LogP contribution in [-0.2, 0) is 0 Å². The van der Waals surface area contributed by atoms with Gasteiger partial charge in [-0.05, 0) is 50.9 Å². The molecule has 2 saturated heterocycles. The van der Waals surface area contributed by atoms with E-state index in [2.05, 4.69) is 28.2 Å². The summed E-state index contributed by atoms with van der Waals surface area (Å²) in [6.45, 7) is 5.29. The summed E-state index contributed by atoms with van der Waals surface area (Å²) in [7, 11) is 0. The molecule has 1 aromatic rings. The van der Waals surface area contributed by atoms with E-state index in [0.717, 1.165) is 38.4 Å². The molecule has 2 aliphatic heterocycles. The lowest BCUT2D eigenvalue weighted by atomic mass is 9.91. The van der Waals surface area contributed by atoms with Crippen LogP contribution in [0.4, 0.5) is 0 Å². The van der Waals surface area contributed by atoms with Crippen LogP contribution >= 0.6 is 0 Å². The van der Waals surface area contributed by atoms with E-state index in [-0.39, 0.29) is 6.10 Å². The minimum atomic E-state index is 0.275. The summed E-state index contributed by atoms with van der Waals surface area (Å²) in [5, 5.41) is 6.66. The number of ether oxygens (including phenoxy) is 1. The van der Waals surface area contributed by atoms with E-state index in [1.54, 1.807) is 0 Å². The molecule has 0 saturated carbocycles. The predicted molar refractivity (Wildman–Crippen MR) is 75.0 cm³/mol. The summed E-state index contributed by atoms with van der Waals surface area (Å²) in [6, 6.07) is 4.21. The molecule has 2 fully saturated rings. The molecule has 0 amide bonds. The molecule has 0 aliphatic carbocycles. The van der Waals surface area contributed by atoms with E-state index >= 15 is 0 Å². The Morgan fingerprint density at radius 3 is 2.84 bits per heavy atom. The molecule has 2 aliphatic rings. The van der Waals surface area contributed by atoms with E-state index in [0.29, 0.717) is 5.92 Å². The number of aromatic nitrogens is 1. The molecule has 1 radical (unpaired) electrons. The summed E-state index contributed by atoms with van der Waals surface area (Å²) < 4.78 is 6.14. The summed E-state index contributed by atoms with van der Waals surface area (Å²) in [4.78, 5) is 4.47. The fourth-order valence-electron chi connectivity index (χ4n) is 2.89. The Labute approximate surface area is 115 Å². The van der Waals surface area contributed by atoms with Gasteiger partial charge in [0, 0.05) is 24.7 Å². The zero-order valence-corrected chi connectivity index (χ0v) is 11.3. The highest BCUT2D eigenvalue weighted by atomic mass is 16.5. The zero-order chi connectivity index (χ0) is 12.9. The minimum absolute atomic E-state index is 0.275. The molecule has 3 rings (SSSR count). The first kappa shape index (κ1) is 12.9. The second-order valence-corrected chi connectivity index (χ2v) is 5.34. The Morgan fingerprint density at radius 1 is 1.16 bits per heavy atom. The van der Waals surface area contributed by atoms with Gasteiger partial charge in [-0.15, -0.1) is 0 Å². The Balaban J connectivity index is 1.72. The summed E-state index contributed by atoms with van der Waals surface area (Å²) in [5.41, 5.74) is 1.29. The molecule has 4 heteroatoms. The molecule has 0 bridgehead atoms. The van der Waals surface area contributed by atoms with Gasteiger partial charge in [-0.3, -0.25) is 0 Å². The third-order valence-corrected chi connectivity index (χ3v) is 3.99. The van der Waals surface area contributed by atoms with Gasteiger partial charge in [0.15, 0.2) is 0 Å². The molecule has 3 heterocycles. The van der Waals surface area contributed by atoms with E-state index in [1.807, 2.05) is 12.3 Å². The number of piperidine rings is 2. The van der Waals surface area contributed by atoms with E-state index < -0.39 is 0 Å². The first-order valence-corrected chi connectivity index (χ1v) is 7.31. The lowest BCUT2D eigenvalue weighted by Gasteiger charge is -2.27. The minimum Gasteiger partial charge on any atom is -0.474 e. The van der Waals surface area contributed by atoms with Crippen LogP contribution in [0.1, 0.15) is 37.2 Å². The van der Waals surface area contributed by atoms with Crippen molar-refractivity contribution in [3.63, 3.8) is 0 Å². The summed E-state index contributed by atoms with van der Waals surface area (Å²) in [6.07, 6.45) is 6.49. The van der Waals surface area contributed by atoms with Crippen molar-refractivity contribution in [2.45, 2.75) is 37.7 Å². The topological polar surface area (TPSA) is 46.2 Å². The van der Waals surface area contributed by atoms with Gasteiger partial charge in [0.2, 0.25) is 5.88 Å². The van der Waals surface area contributed by atoms with Gasteiger partial charge in [0.05, 0.1) is 0 Å². The van der Waals surface area contributed by atoms with Crippen LogP contribution in [0.2, 0.25) is 0 Å². The third-order valence-electron chi connectivity index (χ3n) is 3.99. The maximum absolute atomic E-state index is 6.14. The van der Waals surface area contributed by atoms with Gasteiger partial charge in [-0.25, -0.2) is 4.98 Å². The molecular formula is C15H22N3O. The molecule has 0 aromatic carbocycles. The van der Waals surface area contributed by atoms with Crippen molar-refractivity contribution in [3.05, 3.63) is 30.4 Å². The Morgan fingerprint density at radius 2 is 2.05 bits per heavy atom. The van der Waals surface area contributed by atoms with Gasteiger partial charge < -0.3 is 15.4 Å². The van der Waals surface area contributed by atoms with Crippen LogP contribution in [0.5, 0.6) is 5.88 Å². The predicted octanol–water partition coefficient (Wildman–Crippen LogP) is 1.84. The van der Waals surface area contributed by atoms with Crippen LogP contribution in [0.25, 0.3) is 0 Å². The van der Waals surface area contributed by atoms with Gasteiger partial charge in [-0.2, -0.15) is 0 Å². The number of hydrogen-bond donors (Lipinski definition) is 2. The first-order valence-electron chi connectivity index (χ1n) is 7.31. The monoisotopic (exact) mass is 260 g/mol. The number of pyridine rings is 1. The quantitative estimate of drug-likeness (QED) is 0.870. The first-order chi connectivity index (χ1) is 9.43. The molecule has 2 N–H and O–H groups in total. The van der Waals surface area contributed by atoms with Gasteiger partial charge >= 0.3 is 0 Å². The van der Waals surface area contributed by atoms with E-state index in [4.69, 9.17) is 4.74 Å². The fourth-order valence-corrected chi connectivity index (χ4v) is 2.89. The van der Waals surface area contributed by atoms with Crippen molar-refractivity contribution in [2.75, 3.05) is 19.6 Å². The van der Waals surface area contributed by atoms with Crippen molar-refractivity contribution in [1.29, 1.82) is 0 Å². The highest BCUT2D eigenvalue weighted by Gasteiger charge is 2.22. The van der Waals surface area contributed by atoms with Gasteiger partial charge in [0.25, 0.3) is 0 Å². The van der Waals surface area contributed by atoms with Crippen LogP contribution in [-0.4, -0.2) is 30.7 Å². The highest BCUT2D eigenvalue weighted by Crippen LogP contribution is 2.32. The van der Waals surface area contributed by atoms with Crippen molar-refractivity contribution < 1.29 is 4.74 Å². The third kappa shape index (κ3) is 3.25. The molecular weight excluding hydrogens is 238 g/mol. The second-order valence-electron chi connectivity index (χ2n) is 5.34. The second kappa shape index (κ2) is 6.35.